The second-order valence-corrected chi connectivity index (χ2v) is 7.72. The number of halogens is 1. The van der Waals surface area contributed by atoms with E-state index < -0.39 is 0 Å². The van der Waals surface area contributed by atoms with Gasteiger partial charge >= 0.3 is 0 Å². The van der Waals surface area contributed by atoms with Crippen LogP contribution in [0.5, 0.6) is 0 Å². The summed E-state index contributed by atoms with van der Waals surface area (Å²) >= 11 is 0. The van der Waals surface area contributed by atoms with E-state index in [9.17, 15) is 4.39 Å². The molecular formula is C23H30FN5. The van der Waals surface area contributed by atoms with Crippen molar-refractivity contribution in [1.82, 2.24) is 15.2 Å². The van der Waals surface area contributed by atoms with Gasteiger partial charge in [-0.05, 0) is 74.6 Å². The summed E-state index contributed by atoms with van der Waals surface area (Å²) in [5, 5.41) is 11.2. The van der Waals surface area contributed by atoms with Gasteiger partial charge in [0.05, 0.1) is 11.3 Å². The maximum atomic E-state index is 13.4. The topological polar surface area (TPSA) is 79.6 Å². The van der Waals surface area contributed by atoms with Crippen molar-refractivity contribution >= 4 is 5.82 Å². The van der Waals surface area contributed by atoms with Crippen molar-refractivity contribution < 1.29 is 4.39 Å². The molecule has 1 atom stereocenters. The molecule has 0 saturated heterocycles. The Balaban J connectivity index is 1.88. The molecule has 29 heavy (non-hydrogen) atoms. The first kappa shape index (κ1) is 21.0. The first-order valence-corrected chi connectivity index (χ1v) is 10.3. The first-order valence-electron chi connectivity index (χ1n) is 10.3. The molecule has 0 radical (unpaired) electrons. The number of H-pyrrole nitrogens is 1. The summed E-state index contributed by atoms with van der Waals surface area (Å²) < 4.78 is 13.4. The van der Waals surface area contributed by atoms with Crippen LogP contribution in [0.15, 0.2) is 48.8 Å². The Morgan fingerprint density at radius 1 is 1.07 bits per heavy atom. The largest absolute Gasteiger partial charge is 0.366 e. The highest BCUT2D eigenvalue weighted by Crippen LogP contribution is 2.36. The van der Waals surface area contributed by atoms with Crippen molar-refractivity contribution in [3.05, 3.63) is 54.6 Å². The molecule has 0 amide bonds. The number of hydrogen-bond donors (Lipinski definition) is 3. The van der Waals surface area contributed by atoms with E-state index in [0.717, 1.165) is 53.9 Å². The van der Waals surface area contributed by atoms with Gasteiger partial charge < -0.3 is 11.1 Å². The minimum Gasteiger partial charge on any atom is -0.366 e. The average Bonchev–Trinajstić information content (AvgIpc) is 3.16. The van der Waals surface area contributed by atoms with Crippen molar-refractivity contribution in [3.8, 4) is 22.4 Å². The smallest absolute Gasteiger partial charge is 0.156 e. The molecule has 0 fully saturated rings. The van der Waals surface area contributed by atoms with Crippen LogP contribution < -0.4 is 11.1 Å². The third kappa shape index (κ3) is 5.01. The monoisotopic (exact) mass is 395 g/mol. The van der Waals surface area contributed by atoms with Gasteiger partial charge in [0.1, 0.15) is 5.82 Å². The number of aromatic nitrogens is 3. The normalized spacial score (nSPS) is 12.7. The van der Waals surface area contributed by atoms with Gasteiger partial charge in [0.25, 0.3) is 0 Å². The van der Waals surface area contributed by atoms with Crippen molar-refractivity contribution in [3.63, 3.8) is 0 Å². The average molecular weight is 396 g/mol. The predicted octanol–water partition coefficient (Wildman–Crippen LogP) is 5.38. The minimum absolute atomic E-state index is 0.116. The predicted molar refractivity (Wildman–Crippen MR) is 117 cm³/mol. The molecule has 1 unspecified atom stereocenters. The first-order chi connectivity index (χ1) is 14.0. The number of nitrogens with two attached hydrogens (primary N) is 1. The van der Waals surface area contributed by atoms with Crippen molar-refractivity contribution in [2.45, 2.75) is 58.0 Å². The Labute approximate surface area is 172 Å². The summed E-state index contributed by atoms with van der Waals surface area (Å²) in [7, 11) is 0. The van der Waals surface area contributed by atoms with Crippen LogP contribution in [0.2, 0.25) is 0 Å². The lowest BCUT2D eigenvalue weighted by molar-refractivity contribution is 0.350. The molecule has 2 aromatic heterocycles. The number of nitrogens with one attached hydrogen (secondary N) is 2. The second-order valence-electron chi connectivity index (χ2n) is 7.72. The highest BCUT2D eigenvalue weighted by atomic mass is 19.1. The third-order valence-corrected chi connectivity index (χ3v) is 5.73. The Hall–Kier alpha value is -2.73. The van der Waals surface area contributed by atoms with E-state index in [0.29, 0.717) is 0 Å². The van der Waals surface area contributed by atoms with E-state index in [4.69, 9.17) is 5.73 Å². The number of benzene rings is 1. The van der Waals surface area contributed by atoms with Gasteiger partial charge in [-0.2, -0.15) is 5.10 Å². The maximum Gasteiger partial charge on any atom is 0.156 e. The van der Waals surface area contributed by atoms with E-state index in [1.165, 1.54) is 12.1 Å². The zero-order chi connectivity index (χ0) is 20.9. The molecule has 3 aromatic rings. The van der Waals surface area contributed by atoms with Gasteiger partial charge in [0, 0.05) is 29.5 Å². The fourth-order valence-electron chi connectivity index (χ4n) is 3.48. The van der Waals surface area contributed by atoms with Crippen LogP contribution in [-0.4, -0.2) is 26.8 Å². The Bertz CT molecular complexity index is 901. The zero-order valence-corrected chi connectivity index (χ0v) is 17.4. The molecular weight excluding hydrogens is 365 g/mol. The van der Waals surface area contributed by atoms with Crippen LogP contribution in [0, 0.1) is 5.82 Å². The van der Waals surface area contributed by atoms with E-state index in [1.807, 2.05) is 12.1 Å². The summed E-state index contributed by atoms with van der Waals surface area (Å²) in [4.78, 5) is 4.12. The summed E-state index contributed by atoms with van der Waals surface area (Å²) in [6.45, 7) is 6.44. The Morgan fingerprint density at radius 2 is 1.72 bits per heavy atom. The molecule has 4 N–H and O–H groups in total. The van der Waals surface area contributed by atoms with E-state index in [1.54, 1.807) is 24.5 Å². The summed E-state index contributed by atoms with van der Waals surface area (Å²) in [5.41, 5.74) is 10.0. The van der Waals surface area contributed by atoms with Gasteiger partial charge in [0.2, 0.25) is 0 Å². The van der Waals surface area contributed by atoms with E-state index in [-0.39, 0.29) is 17.4 Å². The maximum absolute atomic E-state index is 13.4. The quantitative estimate of drug-likeness (QED) is 0.455. The number of aromatic amines is 1. The molecule has 3 rings (SSSR count). The number of hydrogen-bond acceptors (Lipinski definition) is 4. The third-order valence-electron chi connectivity index (χ3n) is 5.73. The number of anilines is 1. The lowest BCUT2D eigenvalue weighted by Gasteiger charge is -2.28. The Kier molecular flexibility index (Phi) is 6.64. The molecule has 2 heterocycles. The Morgan fingerprint density at radius 3 is 2.34 bits per heavy atom. The second kappa shape index (κ2) is 9.18. The highest BCUT2D eigenvalue weighted by molar-refractivity contribution is 5.88. The fourth-order valence-corrected chi connectivity index (χ4v) is 3.48. The number of rotatable bonds is 9. The van der Waals surface area contributed by atoms with Crippen LogP contribution in [0.3, 0.4) is 0 Å². The lowest BCUT2D eigenvalue weighted by atomic mass is 9.87. The minimum atomic E-state index is -0.261. The molecule has 0 aliphatic rings. The van der Waals surface area contributed by atoms with Crippen molar-refractivity contribution in [2.24, 2.45) is 5.73 Å². The molecule has 0 aliphatic heterocycles. The van der Waals surface area contributed by atoms with Crippen LogP contribution >= 0.6 is 0 Å². The molecule has 0 aliphatic carbocycles. The zero-order valence-electron chi connectivity index (χ0n) is 17.4. The number of nitrogens with zero attached hydrogens (tertiary/aromatic N) is 2. The van der Waals surface area contributed by atoms with Gasteiger partial charge in [0.15, 0.2) is 5.82 Å². The molecule has 0 spiro atoms. The van der Waals surface area contributed by atoms with Crippen molar-refractivity contribution in [1.29, 1.82) is 0 Å². The van der Waals surface area contributed by atoms with Gasteiger partial charge in [-0.15, -0.1) is 0 Å². The van der Waals surface area contributed by atoms with Crippen LogP contribution in [0.4, 0.5) is 10.2 Å². The standard InChI is InChI=1S/C23H30FN5/c1-4-23(25,5-2)13-10-16(3)27-22-20(17-11-14-26-15-12-17)21(28-29-22)18-6-8-19(24)9-7-18/h6-9,11-12,14-16H,4-5,10,13,25H2,1-3H3,(H2,27,28,29). The SMILES string of the molecule is CCC(N)(CC)CCC(C)Nc1n[nH]c(-c2ccc(F)cc2)c1-c1ccncc1. The van der Waals surface area contributed by atoms with Gasteiger partial charge in [-0.1, -0.05) is 13.8 Å². The van der Waals surface area contributed by atoms with Crippen molar-refractivity contribution in [2.75, 3.05) is 5.32 Å². The molecule has 0 saturated carbocycles. The summed E-state index contributed by atoms with van der Waals surface area (Å²) in [5.74, 6) is 0.515. The van der Waals surface area contributed by atoms with Crippen LogP contribution in [-0.2, 0) is 0 Å². The van der Waals surface area contributed by atoms with Gasteiger partial charge in [-0.3, -0.25) is 10.1 Å². The van der Waals surface area contributed by atoms with Crippen LogP contribution in [0.25, 0.3) is 22.4 Å². The number of pyridine rings is 1. The molecule has 154 valence electrons. The molecule has 0 bridgehead atoms. The highest BCUT2D eigenvalue weighted by Gasteiger charge is 2.22. The molecule has 1 aromatic carbocycles. The molecule has 6 heteroatoms. The summed E-state index contributed by atoms with van der Waals surface area (Å²) in [6.07, 6.45) is 7.36. The van der Waals surface area contributed by atoms with Crippen LogP contribution in [0.1, 0.15) is 46.5 Å². The lowest BCUT2D eigenvalue weighted by Crippen LogP contribution is -2.39. The van der Waals surface area contributed by atoms with Gasteiger partial charge in [-0.25, -0.2) is 4.39 Å². The van der Waals surface area contributed by atoms with E-state index >= 15 is 0 Å². The summed E-state index contributed by atoms with van der Waals surface area (Å²) in [6, 6.07) is 10.5. The molecule has 5 nitrogen and oxygen atoms in total. The fraction of sp³-hybridized carbons (Fsp3) is 0.391. The van der Waals surface area contributed by atoms with E-state index in [2.05, 4.69) is 41.3 Å².